The summed E-state index contributed by atoms with van der Waals surface area (Å²) in [6.07, 6.45) is -4.29. The predicted octanol–water partition coefficient (Wildman–Crippen LogP) is 3.26. The van der Waals surface area contributed by atoms with Crippen molar-refractivity contribution in [3.05, 3.63) is 29.8 Å². The summed E-state index contributed by atoms with van der Waals surface area (Å²) in [4.78, 5) is 12.7. The number of fused-ring (bicyclic) bond motifs is 1. The normalized spacial score (nSPS) is 18.7. The van der Waals surface area contributed by atoms with Crippen molar-refractivity contribution in [2.75, 3.05) is 11.4 Å². The van der Waals surface area contributed by atoms with E-state index >= 15 is 0 Å². The molecule has 5 heteroatoms. The fraction of sp³-hybridized carbons (Fsp3) is 0.462. The smallest absolute Gasteiger partial charge is 0.303 e. The fourth-order valence-corrected chi connectivity index (χ4v) is 2.34. The average Bonchev–Trinajstić information content (AvgIpc) is 2.22. The summed E-state index contributed by atoms with van der Waals surface area (Å²) in [5.74, 6) is -0.476. The van der Waals surface area contributed by atoms with E-state index in [1.807, 2.05) is 13.8 Å². The first-order valence-electron chi connectivity index (χ1n) is 5.67. The first-order chi connectivity index (χ1) is 8.21. The number of hydrogen-bond donors (Lipinski definition) is 0. The lowest BCUT2D eigenvalue weighted by Crippen LogP contribution is -2.46. The van der Waals surface area contributed by atoms with Gasteiger partial charge < -0.3 is 4.90 Å². The molecule has 1 aromatic rings. The topological polar surface area (TPSA) is 20.3 Å². The summed E-state index contributed by atoms with van der Waals surface area (Å²) < 4.78 is 37.5. The Kier molecular flexibility index (Phi) is 2.87. The maximum atomic E-state index is 12.5. The number of halogens is 3. The molecule has 0 unspecified atom stereocenters. The molecule has 0 fully saturated rings. The number of nitrogens with zero attached hydrogens (tertiary/aromatic N) is 1. The van der Waals surface area contributed by atoms with Crippen molar-refractivity contribution in [1.29, 1.82) is 0 Å². The van der Waals surface area contributed by atoms with Gasteiger partial charge in [-0.15, -0.1) is 0 Å². The van der Waals surface area contributed by atoms with Crippen LogP contribution in [-0.2, 0) is 10.2 Å². The Morgan fingerprint density at radius 1 is 1.28 bits per heavy atom. The molecule has 0 bridgehead atoms. The zero-order valence-corrected chi connectivity index (χ0v) is 10.2. The molecule has 1 amide bonds. The maximum Gasteiger partial charge on any atom is 0.406 e. The third-order valence-corrected chi connectivity index (χ3v) is 3.16. The second-order valence-corrected chi connectivity index (χ2v) is 5.17. The van der Waals surface area contributed by atoms with Crippen LogP contribution < -0.4 is 4.90 Å². The van der Waals surface area contributed by atoms with Crippen LogP contribution in [0.1, 0.15) is 25.8 Å². The van der Waals surface area contributed by atoms with Gasteiger partial charge in [0.2, 0.25) is 5.91 Å². The molecule has 98 valence electrons. The molecule has 0 N–H and O–H groups in total. The summed E-state index contributed by atoms with van der Waals surface area (Å²) in [5, 5.41) is 0. The second kappa shape index (κ2) is 4.00. The molecule has 18 heavy (non-hydrogen) atoms. The van der Waals surface area contributed by atoms with E-state index in [4.69, 9.17) is 0 Å². The van der Waals surface area contributed by atoms with E-state index in [1.165, 1.54) is 0 Å². The Bertz CT molecular complexity index is 479. The molecular formula is C13H14F3NO. The molecule has 1 aliphatic heterocycles. The minimum Gasteiger partial charge on any atom is -0.303 e. The highest BCUT2D eigenvalue weighted by molar-refractivity contribution is 5.97. The summed E-state index contributed by atoms with van der Waals surface area (Å²) >= 11 is 0. The number of benzene rings is 1. The molecule has 1 heterocycles. The van der Waals surface area contributed by atoms with Gasteiger partial charge in [-0.1, -0.05) is 32.0 Å². The van der Waals surface area contributed by atoms with Crippen molar-refractivity contribution in [1.82, 2.24) is 0 Å². The van der Waals surface area contributed by atoms with E-state index in [1.54, 1.807) is 24.3 Å². The van der Waals surface area contributed by atoms with E-state index in [0.29, 0.717) is 5.69 Å². The van der Waals surface area contributed by atoms with Gasteiger partial charge in [-0.25, -0.2) is 0 Å². The van der Waals surface area contributed by atoms with Crippen LogP contribution >= 0.6 is 0 Å². The minimum atomic E-state index is -4.38. The maximum absolute atomic E-state index is 12.5. The van der Waals surface area contributed by atoms with Gasteiger partial charge in [0.05, 0.1) is 0 Å². The van der Waals surface area contributed by atoms with E-state index in [9.17, 15) is 18.0 Å². The predicted molar refractivity (Wildman–Crippen MR) is 62.5 cm³/mol. The number of amides is 1. The summed E-state index contributed by atoms with van der Waals surface area (Å²) in [6.45, 7) is 2.52. The Labute approximate surface area is 103 Å². The third-order valence-electron chi connectivity index (χ3n) is 3.16. The summed E-state index contributed by atoms with van der Waals surface area (Å²) in [7, 11) is 0. The molecule has 0 saturated heterocycles. The lowest BCUT2D eigenvalue weighted by molar-refractivity contribution is -0.133. The van der Waals surface area contributed by atoms with Crippen molar-refractivity contribution in [3.63, 3.8) is 0 Å². The van der Waals surface area contributed by atoms with Gasteiger partial charge >= 0.3 is 6.18 Å². The highest BCUT2D eigenvalue weighted by atomic mass is 19.4. The number of rotatable bonds is 1. The van der Waals surface area contributed by atoms with Crippen LogP contribution in [0.15, 0.2) is 24.3 Å². The SMILES string of the molecule is CC1(C)CC(=O)N(CC(F)(F)F)c2ccccc21. The lowest BCUT2D eigenvalue weighted by atomic mass is 9.77. The van der Waals surface area contributed by atoms with Crippen LogP contribution in [0.25, 0.3) is 0 Å². The largest absolute Gasteiger partial charge is 0.406 e. The molecule has 1 aliphatic rings. The monoisotopic (exact) mass is 257 g/mol. The number of alkyl halides is 3. The molecule has 0 atom stereocenters. The van der Waals surface area contributed by atoms with Crippen molar-refractivity contribution >= 4 is 11.6 Å². The van der Waals surface area contributed by atoms with Crippen LogP contribution in [0, 0.1) is 0 Å². The first kappa shape index (κ1) is 12.9. The molecule has 0 aromatic heterocycles. The highest BCUT2D eigenvalue weighted by Crippen LogP contribution is 2.40. The fourth-order valence-electron chi connectivity index (χ4n) is 2.34. The van der Waals surface area contributed by atoms with Gasteiger partial charge in [0.25, 0.3) is 0 Å². The van der Waals surface area contributed by atoms with E-state index in [0.717, 1.165) is 10.5 Å². The van der Waals surface area contributed by atoms with Crippen LogP contribution in [0.4, 0.5) is 18.9 Å². The van der Waals surface area contributed by atoms with Gasteiger partial charge in [0.1, 0.15) is 6.54 Å². The van der Waals surface area contributed by atoms with E-state index in [2.05, 4.69) is 0 Å². The number of carbonyl (C=O) groups is 1. The van der Waals surface area contributed by atoms with Crippen molar-refractivity contribution in [2.24, 2.45) is 0 Å². The summed E-state index contributed by atoms with van der Waals surface area (Å²) in [6, 6.07) is 6.78. The zero-order valence-electron chi connectivity index (χ0n) is 10.2. The molecule has 0 saturated carbocycles. The number of para-hydroxylation sites is 1. The molecule has 1 aromatic carbocycles. The van der Waals surface area contributed by atoms with Crippen LogP contribution in [0.5, 0.6) is 0 Å². The standard InChI is InChI=1S/C13H14F3NO/c1-12(2)7-11(18)17(8-13(14,15)16)10-6-4-3-5-9(10)12/h3-6H,7-8H2,1-2H3. The Balaban J connectivity index is 2.47. The number of carbonyl (C=O) groups excluding carboxylic acids is 1. The Hall–Kier alpha value is -1.52. The second-order valence-electron chi connectivity index (χ2n) is 5.17. The van der Waals surface area contributed by atoms with E-state index in [-0.39, 0.29) is 6.42 Å². The van der Waals surface area contributed by atoms with Crippen molar-refractivity contribution in [3.8, 4) is 0 Å². The van der Waals surface area contributed by atoms with Gasteiger partial charge in [-0.2, -0.15) is 13.2 Å². The van der Waals surface area contributed by atoms with Gasteiger partial charge in [0.15, 0.2) is 0 Å². The first-order valence-corrected chi connectivity index (χ1v) is 5.67. The van der Waals surface area contributed by atoms with Gasteiger partial charge in [-0.05, 0) is 11.6 Å². The average molecular weight is 257 g/mol. The Morgan fingerprint density at radius 2 is 1.89 bits per heavy atom. The number of hydrogen-bond acceptors (Lipinski definition) is 1. The van der Waals surface area contributed by atoms with Crippen LogP contribution in [-0.4, -0.2) is 18.6 Å². The van der Waals surface area contributed by atoms with Crippen molar-refractivity contribution in [2.45, 2.75) is 31.9 Å². The van der Waals surface area contributed by atoms with Gasteiger partial charge in [-0.3, -0.25) is 4.79 Å². The molecule has 0 aliphatic carbocycles. The summed E-state index contributed by atoms with van der Waals surface area (Å²) in [5.41, 5.74) is 0.736. The molecule has 2 rings (SSSR count). The molecule has 0 radical (unpaired) electrons. The quantitative estimate of drug-likeness (QED) is 0.756. The lowest BCUT2D eigenvalue weighted by Gasteiger charge is -2.38. The van der Waals surface area contributed by atoms with Crippen LogP contribution in [0.3, 0.4) is 0 Å². The molecular weight excluding hydrogens is 243 g/mol. The van der Waals surface area contributed by atoms with Crippen LogP contribution in [0.2, 0.25) is 0 Å². The minimum absolute atomic E-state index is 0.0973. The molecule has 2 nitrogen and oxygen atoms in total. The van der Waals surface area contributed by atoms with E-state index < -0.39 is 24.0 Å². The Morgan fingerprint density at radius 3 is 2.50 bits per heavy atom. The number of anilines is 1. The highest BCUT2D eigenvalue weighted by Gasteiger charge is 2.41. The molecule has 0 spiro atoms. The van der Waals surface area contributed by atoms with Gasteiger partial charge in [0, 0.05) is 17.5 Å². The zero-order chi connectivity index (χ0) is 13.6. The van der Waals surface area contributed by atoms with Crippen molar-refractivity contribution < 1.29 is 18.0 Å². The third kappa shape index (κ3) is 2.35.